The molecule has 16 heavy (non-hydrogen) atoms. The Kier molecular flexibility index (Phi) is 2.81. The molecule has 0 aliphatic heterocycles. The minimum atomic E-state index is -0.894. The highest BCUT2D eigenvalue weighted by atomic mass is 16.4. The monoisotopic (exact) mass is 220 g/mol. The number of aliphatic carboxylic acids is 1. The lowest BCUT2D eigenvalue weighted by Crippen LogP contribution is -2.07. The van der Waals surface area contributed by atoms with Crippen molar-refractivity contribution in [3.8, 4) is 11.4 Å². The third-order valence-electron chi connectivity index (χ3n) is 1.91. The molecule has 0 aromatic carbocycles. The molecule has 0 bridgehead atoms. The minimum absolute atomic E-state index is 0.0312. The Balaban J connectivity index is 2.23. The van der Waals surface area contributed by atoms with Gasteiger partial charge in [-0.3, -0.25) is 4.79 Å². The van der Waals surface area contributed by atoms with Gasteiger partial charge in [0.15, 0.2) is 5.82 Å². The molecule has 0 unspecified atom stereocenters. The average molecular weight is 220 g/mol. The van der Waals surface area contributed by atoms with Crippen LogP contribution in [0.15, 0.2) is 18.5 Å². The van der Waals surface area contributed by atoms with Crippen molar-refractivity contribution < 1.29 is 9.90 Å². The first-order valence-corrected chi connectivity index (χ1v) is 4.52. The molecule has 0 atom stereocenters. The summed E-state index contributed by atoms with van der Waals surface area (Å²) in [7, 11) is 0. The highest BCUT2D eigenvalue weighted by Gasteiger charge is 2.09. The van der Waals surface area contributed by atoms with Gasteiger partial charge in [0.05, 0.1) is 25.4 Å². The molecule has 0 fully saturated rings. The van der Waals surface area contributed by atoms with Crippen molar-refractivity contribution in [3.63, 3.8) is 0 Å². The number of carboxylic acids is 1. The van der Waals surface area contributed by atoms with Gasteiger partial charge in [-0.05, 0) is 16.5 Å². The molecule has 0 aliphatic carbocycles. The van der Waals surface area contributed by atoms with Gasteiger partial charge in [0.25, 0.3) is 0 Å². The van der Waals surface area contributed by atoms with E-state index < -0.39 is 5.97 Å². The number of rotatable bonds is 4. The van der Waals surface area contributed by atoms with Crippen LogP contribution in [0.5, 0.6) is 0 Å². The van der Waals surface area contributed by atoms with Gasteiger partial charge in [-0.2, -0.15) is 10.2 Å². The van der Waals surface area contributed by atoms with Crippen LogP contribution in [0, 0.1) is 0 Å². The fraction of sp³-hybridized carbons (Fsp3) is 0.250. The van der Waals surface area contributed by atoms with Gasteiger partial charge in [0.2, 0.25) is 0 Å². The summed E-state index contributed by atoms with van der Waals surface area (Å²) < 4.78 is 1.42. The maximum Gasteiger partial charge on any atom is 0.305 e. The van der Waals surface area contributed by atoms with Gasteiger partial charge >= 0.3 is 5.97 Å². The molecule has 8 nitrogen and oxygen atoms in total. The van der Waals surface area contributed by atoms with Crippen molar-refractivity contribution in [1.82, 2.24) is 30.4 Å². The van der Waals surface area contributed by atoms with Crippen LogP contribution in [0.4, 0.5) is 0 Å². The smallest absolute Gasteiger partial charge is 0.305 e. The summed E-state index contributed by atoms with van der Waals surface area (Å²) in [5.41, 5.74) is 0.699. The van der Waals surface area contributed by atoms with E-state index in [1.165, 1.54) is 17.1 Å². The second-order valence-corrected chi connectivity index (χ2v) is 3.00. The van der Waals surface area contributed by atoms with E-state index in [2.05, 4.69) is 25.7 Å². The van der Waals surface area contributed by atoms with Crippen LogP contribution in [0.25, 0.3) is 11.4 Å². The molecule has 82 valence electrons. The number of carboxylic acid groups (broad SMARTS) is 1. The fourth-order valence-corrected chi connectivity index (χ4v) is 1.19. The third kappa shape index (κ3) is 2.16. The van der Waals surface area contributed by atoms with E-state index >= 15 is 0 Å². The summed E-state index contributed by atoms with van der Waals surface area (Å²) in [4.78, 5) is 10.4. The van der Waals surface area contributed by atoms with Crippen LogP contribution in [0.2, 0.25) is 0 Å². The van der Waals surface area contributed by atoms with Crippen LogP contribution in [-0.2, 0) is 11.3 Å². The summed E-state index contributed by atoms with van der Waals surface area (Å²) in [6.07, 6.45) is 3.01. The van der Waals surface area contributed by atoms with Crippen LogP contribution >= 0.6 is 0 Å². The molecule has 0 saturated carbocycles. The first kappa shape index (κ1) is 10.1. The van der Waals surface area contributed by atoms with Crippen molar-refractivity contribution in [1.29, 1.82) is 0 Å². The maximum atomic E-state index is 10.4. The first-order chi connectivity index (χ1) is 7.77. The molecule has 0 aliphatic rings. The van der Waals surface area contributed by atoms with Gasteiger partial charge in [-0.1, -0.05) is 0 Å². The van der Waals surface area contributed by atoms with Gasteiger partial charge in [0.1, 0.15) is 0 Å². The number of aromatic nitrogens is 6. The van der Waals surface area contributed by atoms with Gasteiger partial charge in [0, 0.05) is 5.56 Å². The Morgan fingerprint density at radius 3 is 3.00 bits per heavy atom. The Morgan fingerprint density at radius 1 is 1.44 bits per heavy atom. The molecule has 1 N–H and O–H groups in total. The minimum Gasteiger partial charge on any atom is -0.481 e. The Hall–Kier alpha value is -2.38. The van der Waals surface area contributed by atoms with E-state index in [-0.39, 0.29) is 13.0 Å². The second-order valence-electron chi connectivity index (χ2n) is 3.00. The van der Waals surface area contributed by atoms with E-state index in [9.17, 15) is 4.79 Å². The molecule has 8 heteroatoms. The number of tetrazole rings is 1. The lowest BCUT2D eigenvalue weighted by Gasteiger charge is -2.01. The van der Waals surface area contributed by atoms with E-state index in [1.54, 1.807) is 6.07 Å². The quantitative estimate of drug-likeness (QED) is 0.747. The molecule has 2 aromatic rings. The molecule has 0 radical (unpaired) electrons. The summed E-state index contributed by atoms with van der Waals surface area (Å²) in [6, 6.07) is 1.70. The summed E-state index contributed by atoms with van der Waals surface area (Å²) in [5.74, 6) is -0.412. The van der Waals surface area contributed by atoms with Crippen molar-refractivity contribution >= 4 is 5.97 Å². The van der Waals surface area contributed by atoms with Crippen LogP contribution in [0.1, 0.15) is 6.42 Å². The van der Waals surface area contributed by atoms with Crippen molar-refractivity contribution in [2.45, 2.75) is 13.0 Å². The predicted octanol–water partition coefficient (Wildman–Crippen LogP) is -0.395. The standard InChI is InChI=1S/C8H8N6O2/c15-7(16)2-4-14-8(11-12-13-14)6-1-3-9-10-5-6/h1,3,5H,2,4H2,(H,15,16). The SMILES string of the molecule is O=C(O)CCn1nnnc1-c1ccnnc1. The lowest BCUT2D eigenvalue weighted by atomic mass is 10.3. The largest absolute Gasteiger partial charge is 0.481 e. The molecular formula is C8H8N6O2. The third-order valence-corrected chi connectivity index (χ3v) is 1.91. The highest BCUT2D eigenvalue weighted by molar-refractivity contribution is 5.66. The molecule has 0 spiro atoms. The highest BCUT2D eigenvalue weighted by Crippen LogP contribution is 2.12. The van der Waals surface area contributed by atoms with Crippen molar-refractivity contribution in [2.75, 3.05) is 0 Å². The van der Waals surface area contributed by atoms with Crippen LogP contribution < -0.4 is 0 Å². The first-order valence-electron chi connectivity index (χ1n) is 4.52. The average Bonchev–Trinajstić information content (AvgIpc) is 2.75. The van der Waals surface area contributed by atoms with Crippen LogP contribution in [0.3, 0.4) is 0 Å². The topological polar surface area (TPSA) is 107 Å². The predicted molar refractivity (Wildman–Crippen MR) is 51.1 cm³/mol. The van der Waals surface area contributed by atoms with Crippen LogP contribution in [-0.4, -0.2) is 41.5 Å². The van der Waals surface area contributed by atoms with E-state index in [0.29, 0.717) is 11.4 Å². The summed E-state index contributed by atoms with van der Waals surface area (Å²) in [5, 5.41) is 26.9. The van der Waals surface area contributed by atoms with E-state index in [1.807, 2.05) is 0 Å². The maximum absolute atomic E-state index is 10.4. The van der Waals surface area contributed by atoms with E-state index in [0.717, 1.165) is 0 Å². The summed E-state index contributed by atoms with van der Waals surface area (Å²) in [6.45, 7) is 0.222. The lowest BCUT2D eigenvalue weighted by molar-refractivity contribution is -0.137. The molecule has 2 heterocycles. The Labute approximate surface area is 89.9 Å². The van der Waals surface area contributed by atoms with Gasteiger partial charge < -0.3 is 5.11 Å². The number of hydrogen-bond donors (Lipinski definition) is 1. The molecule has 0 saturated heterocycles. The zero-order valence-corrected chi connectivity index (χ0v) is 8.19. The fourth-order valence-electron chi connectivity index (χ4n) is 1.19. The molecule has 2 rings (SSSR count). The van der Waals surface area contributed by atoms with E-state index in [4.69, 9.17) is 5.11 Å². The summed E-state index contributed by atoms with van der Waals surface area (Å²) >= 11 is 0. The molecule has 0 amide bonds. The zero-order chi connectivity index (χ0) is 11.4. The Bertz CT molecular complexity index is 482. The van der Waals surface area contributed by atoms with Crippen molar-refractivity contribution in [3.05, 3.63) is 18.5 Å². The zero-order valence-electron chi connectivity index (χ0n) is 8.19. The number of aryl methyl sites for hydroxylation is 1. The number of hydrogen-bond acceptors (Lipinski definition) is 6. The van der Waals surface area contributed by atoms with Gasteiger partial charge in [-0.15, -0.1) is 5.10 Å². The normalized spacial score (nSPS) is 10.2. The number of carbonyl (C=O) groups is 1. The molecular weight excluding hydrogens is 212 g/mol. The van der Waals surface area contributed by atoms with Gasteiger partial charge in [-0.25, -0.2) is 4.68 Å². The van der Waals surface area contributed by atoms with Crippen molar-refractivity contribution in [2.24, 2.45) is 0 Å². The molecule has 2 aromatic heterocycles. The second kappa shape index (κ2) is 4.43. The Morgan fingerprint density at radius 2 is 2.31 bits per heavy atom. The number of nitrogens with zero attached hydrogens (tertiary/aromatic N) is 6.